The number of aliphatic hydroxyl groups is 2. The predicted octanol–water partition coefficient (Wildman–Crippen LogP) is -1.01. The van der Waals surface area contributed by atoms with E-state index >= 15 is 0 Å². The molecule has 4 nitrogen and oxygen atoms in total. The first-order valence-corrected chi connectivity index (χ1v) is 3.19. The Kier molecular flexibility index (Phi) is 1.85. The number of carbonyl (C=O) groups is 1. The van der Waals surface area contributed by atoms with Gasteiger partial charge < -0.3 is 14.9 Å². The number of esters is 1. The molecule has 0 aromatic carbocycles. The van der Waals surface area contributed by atoms with Gasteiger partial charge in [-0.3, -0.25) is 0 Å². The van der Waals surface area contributed by atoms with Crippen molar-refractivity contribution in [1.82, 2.24) is 0 Å². The van der Waals surface area contributed by atoms with Gasteiger partial charge in [-0.25, -0.2) is 9.18 Å². The van der Waals surface area contributed by atoms with E-state index in [9.17, 15) is 9.18 Å². The summed E-state index contributed by atoms with van der Waals surface area (Å²) < 4.78 is 17.3. The number of hydrogen-bond donors (Lipinski definition) is 2. The van der Waals surface area contributed by atoms with Gasteiger partial charge >= 0.3 is 5.97 Å². The largest absolute Gasteiger partial charge is 0.455 e. The smallest absolute Gasteiger partial charge is 0.346 e. The van der Waals surface area contributed by atoms with Gasteiger partial charge in [0, 0.05) is 0 Å². The predicted molar refractivity (Wildman–Crippen MR) is 32.5 cm³/mol. The lowest BCUT2D eigenvalue weighted by Crippen LogP contribution is -2.40. The van der Waals surface area contributed by atoms with Gasteiger partial charge in [0.25, 0.3) is 0 Å². The first-order valence-electron chi connectivity index (χ1n) is 3.19. The Morgan fingerprint density at radius 2 is 2.36 bits per heavy atom. The summed E-state index contributed by atoms with van der Waals surface area (Å²) >= 11 is 0. The molecular formula is C6H9FO4. The Hall–Kier alpha value is -0.680. The van der Waals surface area contributed by atoms with Crippen LogP contribution in [0.1, 0.15) is 6.92 Å². The molecule has 1 heterocycles. The van der Waals surface area contributed by atoms with Gasteiger partial charge in [0.2, 0.25) is 5.67 Å². The minimum absolute atomic E-state index is 0.563. The zero-order valence-corrected chi connectivity index (χ0v) is 5.95. The van der Waals surface area contributed by atoms with Crippen LogP contribution in [0.15, 0.2) is 0 Å². The number of aliphatic hydroxyl groups excluding tert-OH is 2. The average Bonchev–Trinajstić information content (AvgIpc) is 2.14. The molecular weight excluding hydrogens is 155 g/mol. The molecule has 2 unspecified atom stereocenters. The number of carbonyl (C=O) groups excluding carboxylic acids is 1. The van der Waals surface area contributed by atoms with Crippen molar-refractivity contribution in [1.29, 1.82) is 0 Å². The number of ether oxygens (including phenoxy) is 1. The number of rotatable bonds is 1. The van der Waals surface area contributed by atoms with E-state index in [1.54, 1.807) is 0 Å². The summed E-state index contributed by atoms with van der Waals surface area (Å²) in [5.41, 5.74) is -2.38. The lowest BCUT2D eigenvalue weighted by Gasteiger charge is -2.14. The second-order valence-corrected chi connectivity index (χ2v) is 2.65. The van der Waals surface area contributed by atoms with Crippen LogP contribution in [-0.2, 0) is 9.53 Å². The zero-order valence-electron chi connectivity index (χ0n) is 5.95. The molecule has 64 valence electrons. The van der Waals surface area contributed by atoms with Crippen LogP contribution < -0.4 is 0 Å². The van der Waals surface area contributed by atoms with E-state index in [0.29, 0.717) is 0 Å². The monoisotopic (exact) mass is 164 g/mol. The van der Waals surface area contributed by atoms with Gasteiger partial charge in [0.15, 0.2) is 6.10 Å². The second-order valence-electron chi connectivity index (χ2n) is 2.65. The van der Waals surface area contributed by atoms with Crippen LogP contribution in [0.3, 0.4) is 0 Å². The third-order valence-electron chi connectivity index (χ3n) is 1.75. The van der Waals surface area contributed by atoms with E-state index < -0.39 is 30.5 Å². The van der Waals surface area contributed by atoms with Crippen molar-refractivity contribution in [3.63, 3.8) is 0 Å². The normalized spacial score (nSPS) is 44.2. The van der Waals surface area contributed by atoms with E-state index in [1.165, 1.54) is 0 Å². The highest BCUT2D eigenvalue weighted by atomic mass is 19.1. The minimum Gasteiger partial charge on any atom is -0.455 e. The van der Waals surface area contributed by atoms with Crippen LogP contribution in [0.2, 0.25) is 0 Å². The second kappa shape index (κ2) is 2.42. The molecule has 2 N–H and O–H groups in total. The number of cyclic esters (lactones) is 1. The Bertz CT molecular complexity index is 179. The summed E-state index contributed by atoms with van der Waals surface area (Å²) in [4.78, 5) is 10.6. The molecule has 0 amide bonds. The molecule has 11 heavy (non-hydrogen) atoms. The molecule has 0 aromatic rings. The van der Waals surface area contributed by atoms with Crippen molar-refractivity contribution in [2.75, 3.05) is 6.61 Å². The van der Waals surface area contributed by atoms with Crippen molar-refractivity contribution < 1.29 is 24.1 Å². The Morgan fingerprint density at radius 1 is 1.82 bits per heavy atom. The van der Waals surface area contributed by atoms with Crippen molar-refractivity contribution in [3.05, 3.63) is 0 Å². The first kappa shape index (κ1) is 8.42. The van der Waals surface area contributed by atoms with E-state index in [1.807, 2.05) is 0 Å². The molecule has 1 aliphatic rings. The highest BCUT2D eigenvalue weighted by molar-refractivity contribution is 5.82. The van der Waals surface area contributed by atoms with Crippen LogP contribution >= 0.6 is 0 Å². The molecule has 0 saturated carbocycles. The Balaban J connectivity index is 2.80. The average molecular weight is 164 g/mol. The minimum atomic E-state index is -2.38. The van der Waals surface area contributed by atoms with Crippen LogP contribution in [0.25, 0.3) is 0 Å². The summed E-state index contributed by atoms with van der Waals surface area (Å²) in [6.45, 7) is 0.363. The molecule has 1 aliphatic heterocycles. The van der Waals surface area contributed by atoms with Crippen molar-refractivity contribution in [2.24, 2.45) is 0 Å². The number of halogens is 1. The molecule has 0 aliphatic carbocycles. The van der Waals surface area contributed by atoms with E-state index in [-0.39, 0.29) is 0 Å². The fourth-order valence-corrected chi connectivity index (χ4v) is 0.924. The number of alkyl halides is 1. The van der Waals surface area contributed by atoms with Crippen molar-refractivity contribution >= 4 is 5.97 Å². The van der Waals surface area contributed by atoms with E-state index in [0.717, 1.165) is 6.92 Å². The molecule has 0 bridgehead atoms. The fraction of sp³-hybridized carbons (Fsp3) is 0.833. The van der Waals surface area contributed by atoms with Crippen LogP contribution in [0.4, 0.5) is 4.39 Å². The maximum atomic E-state index is 13.0. The summed E-state index contributed by atoms with van der Waals surface area (Å²) in [6.07, 6.45) is -2.70. The maximum absolute atomic E-state index is 13.0. The fourth-order valence-electron chi connectivity index (χ4n) is 0.924. The zero-order chi connectivity index (χ0) is 8.65. The third-order valence-corrected chi connectivity index (χ3v) is 1.75. The summed E-state index contributed by atoms with van der Waals surface area (Å²) in [5, 5.41) is 17.5. The molecule has 1 saturated heterocycles. The molecule has 1 rings (SSSR count). The van der Waals surface area contributed by atoms with Gasteiger partial charge in [-0.05, 0) is 6.92 Å². The first-order chi connectivity index (χ1) is 5.00. The van der Waals surface area contributed by atoms with Gasteiger partial charge in [0.1, 0.15) is 6.10 Å². The van der Waals surface area contributed by atoms with E-state index in [2.05, 4.69) is 4.74 Å². The standard InChI is InChI=1S/C6H9FO4/c1-6(7)4(9)3(2-8)11-5(6)10/h3-4,8-9H,2H2,1H3/t3?,4?,6-/m1/s1. The highest BCUT2D eigenvalue weighted by Gasteiger charge is 2.54. The van der Waals surface area contributed by atoms with Crippen LogP contribution in [0, 0.1) is 0 Å². The van der Waals surface area contributed by atoms with Crippen LogP contribution in [0.5, 0.6) is 0 Å². The highest BCUT2D eigenvalue weighted by Crippen LogP contribution is 2.29. The summed E-state index contributed by atoms with van der Waals surface area (Å²) in [7, 11) is 0. The van der Waals surface area contributed by atoms with Gasteiger partial charge in [-0.2, -0.15) is 0 Å². The molecule has 5 heteroatoms. The van der Waals surface area contributed by atoms with Gasteiger partial charge in [-0.15, -0.1) is 0 Å². The Morgan fingerprint density at radius 3 is 2.55 bits per heavy atom. The van der Waals surface area contributed by atoms with Gasteiger partial charge in [-0.1, -0.05) is 0 Å². The number of hydrogen-bond acceptors (Lipinski definition) is 4. The lowest BCUT2D eigenvalue weighted by molar-refractivity contribution is -0.150. The third kappa shape index (κ3) is 1.10. The Labute approximate surface area is 62.6 Å². The molecule has 1 fully saturated rings. The SMILES string of the molecule is C[C@]1(F)C(=O)OC(CO)C1O. The molecule has 0 radical (unpaired) electrons. The van der Waals surface area contributed by atoms with Gasteiger partial charge in [0.05, 0.1) is 6.61 Å². The molecule has 0 aromatic heterocycles. The van der Waals surface area contributed by atoms with Crippen molar-refractivity contribution in [3.8, 4) is 0 Å². The molecule has 0 spiro atoms. The van der Waals surface area contributed by atoms with Crippen molar-refractivity contribution in [2.45, 2.75) is 24.8 Å². The van der Waals surface area contributed by atoms with E-state index in [4.69, 9.17) is 10.2 Å². The van der Waals surface area contributed by atoms with Crippen LogP contribution in [-0.4, -0.2) is 40.7 Å². The quantitative estimate of drug-likeness (QED) is 0.487. The summed E-state index contributed by atoms with van der Waals surface area (Å²) in [5.74, 6) is -1.12. The lowest BCUT2D eigenvalue weighted by atomic mass is 10.0. The summed E-state index contributed by atoms with van der Waals surface area (Å²) in [6, 6.07) is 0. The molecule has 3 atom stereocenters. The maximum Gasteiger partial charge on any atom is 0.346 e. The topological polar surface area (TPSA) is 66.8 Å².